The Morgan fingerprint density at radius 2 is 1.47 bits per heavy atom. The smallest absolute Gasteiger partial charge is 0.253 e. The van der Waals surface area contributed by atoms with E-state index in [-0.39, 0.29) is 43.3 Å². The standard InChI is InChI=1S/C45H56N4O6/c1-8-26-47(35-22-24-37(25-23-35)54-12-5)41(51)38-39-42(52)49(36(30-50)28-32-16-14-13-15-17-32)40(45(39)29-31(6)44(38,7)55-45)43(53)48(27-9-2)34-20-18-33(19-21-34)46(10-3)11-4/h8-9,13-25,31,36,38-40,50H,1-2,10-12,26-30H2,3-7H3/t31?,36-,38+,39+,40?,44-,45?/m1/s1. The van der Waals surface area contributed by atoms with E-state index in [0.717, 1.165) is 24.3 Å². The number of amides is 3. The first kappa shape index (κ1) is 39.8. The van der Waals surface area contributed by atoms with Gasteiger partial charge in [-0.25, -0.2) is 0 Å². The van der Waals surface area contributed by atoms with Crippen LogP contribution < -0.4 is 19.4 Å². The Bertz CT molecular complexity index is 1850. The Labute approximate surface area is 326 Å². The summed E-state index contributed by atoms with van der Waals surface area (Å²) in [5, 5.41) is 11.1. The maximum Gasteiger partial charge on any atom is 0.253 e. The summed E-state index contributed by atoms with van der Waals surface area (Å²) in [6.45, 7) is 20.2. The van der Waals surface area contributed by atoms with Gasteiger partial charge in [0.1, 0.15) is 17.4 Å². The van der Waals surface area contributed by atoms with Crippen LogP contribution in [0.4, 0.5) is 17.1 Å². The van der Waals surface area contributed by atoms with Gasteiger partial charge in [0.2, 0.25) is 11.8 Å². The highest BCUT2D eigenvalue weighted by Gasteiger charge is 2.80. The van der Waals surface area contributed by atoms with Crippen molar-refractivity contribution in [2.45, 2.75) is 70.7 Å². The fraction of sp³-hybridized carbons (Fsp3) is 0.444. The fourth-order valence-electron chi connectivity index (χ4n) is 9.40. The summed E-state index contributed by atoms with van der Waals surface area (Å²) in [7, 11) is 0. The van der Waals surface area contributed by atoms with Gasteiger partial charge in [0, 0.05) is 43.2 Å². The lowest BCUT2D eigenvalue weighted by Crippen LogP contribution is -2.59. The molecule has 10 nitrogen and oxygen atoms in total. The molecule has 3 aliphatic rings. The van der Waals surface area contributed by atoms with E-state index in [2.05, 4.69) is 31.9 Å². The number of hydrogen-bond donors (Lipinski definition) is 1. The van der Waals surface area contributed by atoms with E-state index in [9.17, 15) is 5.11 Å². The van der Waals surface area contributed by atoms with Crippen LogP contribution in [0.5, 0.6) is 5.75 Å². The minimum Gasteiger partial charge on any atom is -0.494 e. The van der Waals surface area contributed by atoms with Gasteiger partial charge in [0.25, 0.3) is 5.91 Å². The van der Waals surface area contributed by atoms with Crippen molar-refractivity contribution < 1.29 is 29.0 Å². The molecule has 1 spiro atoms. The van der Waals surface area contributed by atoms with Crippen molar-refractivity contribution in [3.8, 4) is 5.75 Å². The lowest BCUT2D eigenvalue weighted by atomic mass is 9.62. The van der Waals surface area contributed by atoms with Crippen LogP contribution in [0, 0.1) is 17.8 Å². The lowest BCUT2D eigenvalue weighted by molar-refractivity contribution is -0.149. The Morgan fingerprint density at radius 1 is 0.909 bits per heavy atom. The summed E-state index contributed by atoms with van der Waals surface area (Å²) in [5.41, 5.74) is 0.872. The Hall–Kier alpha value is -4.93. The molecule has 0 aliphatic carbocycles. The monoisotopic (exact) mass is 748 g/mol. The van der Waals surface area contributed by atoms with Crippen molar-refractivity contribution in [2.24, 2.45) is 17.8 Å². The third-order valence-corrected chi connectivity index (χ3v) is 12.1. The van der Waals surface area contributed by atoms with E-state index in [1.54, 1.807) is 26.9 Å². The van der Waals surface area contributed by atoms with Crippen LogP contribution >= 0.6 is 0 Å². The number of fused-ring (bicyclic) bond motifs is 1. The van der Waals surface area contributed by atoms with E-state index in [1.165, 1.54) is 0 Å². The molecule has 3 saturated heterocycles. The molecule has 0 saturated carbocycles. The number of rotatable bonds is 17. The van der Waals surface area contributed by atoms with Gasteiger partial charge in [-0.15, -0.1) is 13.2 Å². The number of benzene rings is 3. The van der Waals surface area contributed by atoms with Gasteiger partial charge in [-0.2, -0.15) is 0 Å². The number of aliphatic hydroxyl groups excluding tert-OH is 1. The molecule has 3 fully saturated rings. The second-order valence-corrected chi connectivity index (χ2v) is 15.1. The van der Waals surface area contributed by atoms with E-state index in [0.29, 0.717) is 36.6 Å². The normalized spacial score (nSPS) is 25.6. The van der Waals surface area contributed by atoms with Crippen molar-refractivity contribution in [2.75, 3.05) is 54.1 Å². The fourth-order valence-corrected chi connectivity index (χ4v) is 9.40. The number of anilines is 3. The highest BCUT2D eigenvalue weighted by atomic mass is 16.5. The SMILES string of the molecule is C=CCN(C(=O)C1N([C@@H](CO)Cc2ccccc2)C(=O)[C@@H]2[C@@H](C(=O)N(CC=C)c3ccc(OCC)cc3)[C@]3(C)OC12CC3C)c1ccc(N(CC)CC)cc1. The number of ether oxygens (including phenoxy) is 2. The maximum atomic E-state index is 15.4. The van der Waals surface area contributed by atoms with Crippen LogP contribution in [-0.2, 0) is 25.5 Å². The molecular weight excluding hydrogens is 693 g/mol. The summed E-state index contributed by atoms with van der Waals surface area (Å²) in [4.78, 5) is 53.0. The van der Waals surface area contributed by atoms with Crippen LogP contribution in [0.2, 0.25) is 0 Å². The quantitative estimate of drug-likeness (QED) is 0.162. The number of carbonyl (C=O) groups excluding carboxylic acids is 3. The van der Waals surface area contributed by atoms with Crippen LogP contribution in [0.3, 0.4) is 0 Å². The zero-order valence-electron chi connectivity index (χ0n) is 32.9. The first-order chi connectivity index (χ1) is 26.5. The van der Waals surface area contributed by atoms with Gasteiger partial charge in [-0.1, -0.05) is 49.4 Å². The van der Waals surface area contributed by atoms with Crippen LogP contribution in [0.1, 0.15) is 46.6 Å². The van der Waals surface area contributed by atoms with E-state index >= 15 is 14.4 Å². The predicted molar refractivity (Wildman–Crippen MR) is 217 cm³/mol. The average molecular weight is 749 g/mol. The maximum absolute atomic E-state index is 15.4. The molecule has 3 aromatic carbocycles. The van der Waals surface area contributed by atoms with Gasteiger partial charge in [0.05, 0.1) is 36.7 Å². The molecule has 10 heteroatoms. The number of hydrogen-bond acceptors (Lipinski definition) is 7. The van der Waals surface area contributed by atoms with Crippen molar-refractivity contribution in [3.05, 3.63) is 110 Å². The van der Waals surface area contributed by atoms with E-state index in [4.69, 9.17) is 9.47 Å². The molecule has 6 rings (SSSR count). The second-order valence-electron chi connectivity index (χ2n) is 15.1. The Balaban J connectivity index is 1.47. The molecule has 3 aromatic rings. The molecule has 2 bridgehead atoms. The molecule has 3 aliphatic heterocycles. The third kappa shape index (κ3) is 6.95. The minimum absolute atomic E-state index is 0.172. The minimum atomic E-state index is -1.33. The highest BCUT2D eigenvalue weighted by molar-refractivity contribution is 6.07. The molecule has 0 aromatic heterocycles. The highest BCUT2D eigenvalue weighted by Crippen LogP contribution is 2.66. The predicted octanol–water partition coefficient (Wildman–Crippen LogP) is 6.28. The van der Waals surface area contributed by atoms with Gasteiger partial charge in [-0.3, -0.25) is 14.4 Å². The van der Waals surface area contributed by atoms with Crippen molar-refractivity contribution >= 4 is 34.8 Å². The molecule has 3 unspecified atom stereocenters. The summed E-state index contributed by atoms with van der Waals surface area (Å²) < 4.78 is 12.8. The molecule has 7 atom stereocenters. The van der Waals surface area contributed by atoms with Gasteiger partial charge in [-0.05, 0) is 101 Å². The molecule has 3 amide bonds. The summed E-state index contributed by atoms with van der Waals surface area (Å²) in [6.07, 6.45) is 4.05. The summed E-state index contributed by atoms with van der Waals surface area (Å²) >= 11 is 0. The third-order valence-electron chi connectivity index (χ3n) is 12.1. The molecule has 0 radical (unpaired) electrons. The van der Waals surface area contributed by atoms with Gasteiger partial charge in [0.15, 0.2) is 0 Å². The number of carbonyl (C=O) groups is 3. The van der Waals surface area contributed by atoms with Crippen molar-refractivity contribution in [1.29, 1.82) is 0 Å². The number of aliphatic hydroxyl groups is 1. The Kier molecular flexibility index (Phi) is 11.9. The van der Waals surface area contributed by atoms with Crippen LogP contribution in [0.15, 0.2) is 104 Å². The molecule has 292 valence electrons. The number of nitrogens with zero attached hydrogens (tertiary/aromatic N) is 4. The van der Waals surface area contributed by atoms with Gasteiger partial charge < -0.3 is 34.2 Å². The Morgan fingerprint density at radius 3 is 2.02 bits per heavy atom. The van der Waals surface area contributed by atoms with Crippen LogP contribution in [0.25, 0.3) is 0 Å². The van der Waals surface area contributed by atoms with Crippen molar-refractivity contribution in [3.63, 3.8) is 0 Å². The van der Waals surface area contributed by atoms with Gasteiger partial charge >= 0.3 is 0 Å². The number of likely N-dealkylation sites (tertiary alicyclic amines) is 1. The van der Waals surface area contributed by atoms with Crippen LogP contribution in [-0.4, -0.2) is 90.4 Å². The first-order valence-electron chi connectivity index (χ1n) is 19.6. The zero-order valence-corrected chi connectivity index (χ0v) is 32.9. The summed E-state index contributed by atoms with van der Waals surface area (Å²) in [5.74, 6) is -2.33. The second kappa shape index (κ2) is 16.4. The van der Waals surface area contributed by atoms with Crippen molar-refractivity contribution in [1.82, 2.24) is 4.90 Å². The average Bonchev–Trinajstić information content (AvgIpc) is 3.72. The molecular formula is C45H56N4O6. The molecule has 3 heterocycles. The largest absolute Gasteiger partial charge is 0.494 e. The first-order valence-corrected chi connectivity index (χ1v) is 19.6. The molecule has 55 heavy (non-hydrogen) atoms. The topological polar surface area (TPSA) is 103 Å². The van der Waals surface area contributed by atoms with E-state index in [1.807, 2.05) is 99.6 Å². The zero-order chi connectivity index (χ0) is 39.5. The molecule has 1 N–H and O–H groups in total. The lowest BCUT2D eigenvalue weighted by Gasteiger charge is -2.39. The van der Waals surface area contributed by atoms with E-state index < -0.39 is 35.1 Å². The summed E-state index contributed by atoms with van der Waals surface area (Å²) in [6, 6.07) is 22.9.